The highest BCUT2D eigenvalue weighted by atomic mass is 16.5. The standard InChI is InChI=1S/C17H24N6O2/c1-22(2)11-12-7-8-13(18-10-12)14-6-5-9-23(14)15-19-16(24-3)21-17(20-15)25-4/h7-8,10,14H,5-6,9,11H2,1-4H3/t14-/m0/s1. The summed E-state index contributed by atoms with van der Waals surface area (Å²) in [5.41, 5.74) is 2.22. The maximum atomic E-state index is 5.16. The van der Waals surface area contributed by atoms with Crippen molar-refractivity contribution in [3.8, 4) is 12.0 Å². The number of aromatic nitrogens is 4. The number of ether oxygens (including phenoxy) is 2. The van der Waals surface area contributed by atoms with Gasteiger partial charge >= 0.3 is 12.0 Å². The second-order valence-electron chi connectivity index (χ2n) is 6.29. The molecule has 3 heterocycles. The fraction of sp³-hybridized carbons (Fsp3) is 0.529. The molecule has 0 radical (unpaired) electrons. The molecule has 134 valence electrons. The molecule has 8 nitrogen and oxygen atoms in total. The number of methoxy groups -OCH3 is 2. The van der Waals surface area contributed by atoms with Crippen LogP contribution >= 0.6 is 0 Å². The average Bonchev–Trinajstić information content (AvgIpc) is 3.11. The molecule has 1 aliphatic rings. The summed E-state index contributed by atoms with van der Waals surface area (Å²) in [6, 6.07) is 4.87. The molecule has 1 atom stereocenters. The molecular weight excluding hydrogens is 320 g/mol. The molecule has 0 bridgehead atoms. The number of hydrogen-bond donors (Lipinski definition) is 0. The van der Waals surface area contributed by atoms with Gasteiger partial charge in [0.2, 0.25) is 5.95 Å². The Morgan fingerprint density at radius 2 is 1.84 bits per heavy atom. The Morgan fingerprint density at radius 3 is 2.40 bits per heavy atom. The monoisotopic (exact) mass is 344 g/mol. The molecule has 3 rings (SSSR count). The number of rotatable bonds is 6. The zero-order valence-corrected chi connectivity index (χ0v) is 15.1. The minimum atomic E-state index is 0.144. The largest absolute Gasteiger partial charge is 0.467 e. The van der Waals surface area contributed by atoms with Crippen molar-refractivity contribution in [3.63, 3.8) is 0 Å². The summed E-state index contributed by atoms with van der Waals surface area (Å²) >= 11 is 0. The van der Waals surface area contributed by atoms with Gasteiger partial charge in [-0.05, 0) is 38.6 Å². The Bertz CT molecular complexity index is 685. The van der Waals surface area contributed by atoms with Crippen LogP contribution in [0.25, 0.3) is 0 Å². The summed E-state index contributed by atoms with van der Waals surface area (Å²) in [5, 5.41) is 0. The first-order valence-electron chi connectivity index (χ1n) is 8.31. The molecule has 0 N–H and O–H groups in total. The highest BCUT2D eigenvalue weighted by Crippen LogP contribution is 2.34. The quantitative estimate of drug-likeness (QED) is 0.783. The summed E-state index contributed by atoms with van der Waals surface area (Å²) in [4.78, 5) is 21.8. The third-order valence-corrected chi connectivity index (χ3v) is 4.15. The fourth-order valence-electron chi connectivity index (χ4n) is 3.04. The van der Waals surface area contributed by atoms with Crippen LogP contribution in [-0.2, 0) is 6.54 Å². The van der Waals surface area contributed by atoms with Crippen molar-refractivity contribution in [1.82, 2.24) is 24.8 Å². The van der Waals surface area contributed by atoms with E-state index in [9.17, 15) is 0 Å². The lowest BCUT2D eigenvalue weighted by Gasteiger charge is -2.24. The van der Waals surface area contributed by atoms with Crippen LogP contribution in [0.4, 0.5) is 5.95 Å². The molecule has 8 heteroatoms. The molecule has 0 spiro atoms. The molecule has 0 saturated carbocycles. The van der Waals surface area contributed by atoms with Crippen LogP contribution in [0.2, 0.25) is 0 Å². The van der Waals surface area contributed by atoms with Gasteiger partial charge in [0.1, 0.15) is 0 Å². The first kappa shape index (κ1) is 17.3. The third kappa shape index (κ3) is 3.96. The van der Waals surface area contributed by atoms with Crippen LogP contribution in [0.5, 0.6) is 12.0 Å². The van der Waals surface area contributed by atoms with E-state index in [4.69, 9.17) is 9.47 Å². The van der Waals surface area contributed by atoms with Gasteiger partial charge in [-0.15, -0.1) is 4.98 Å². The van der Waals surface area contributed by atoms with Gasteiger partial charge in [0.05, 0.1) is 26.0 Å². The predicted molar refractivity (Wildman–Crippen MR) is 93.9 cm³/mol. The molecule has 25 heavy (non-hydrogen) atoms. The highest BCUT2D eigenvalue weighted by Gasteiger charge is 2.30. The molecule has 0 amide bonds. The molecule has 0 aromatic carbocycles. The van der Waals surface area contributed by atoms with Crippen LogP contribution in [0.3, 0.4) is 0 Å². The lowest BCUT2D eigenvalue weighted by Crippen LogP contribution is -2.26. The van der Waals surface area contributed by atoms with E-state index < -0.39 is 0 Å². The Hall–Kier alpha value is -2.48. The summed E-state index contributed by atoms with van der Waals surface area (Å²) in [7, 11) is 7.17. The third-order valence-electron chi connectivity index (χ3n) is 4.15. The summed E-state index contributed by atoms with van der Waals surface area (Å²) < 4.78 is 10.3. The topological polar surface area (TPSA) is 76.5 Å². The van der Waals surface area contributed by atoms with Gasteiger partial charge in [-0.1, -0.05) is 6.07 Å². The lowest BCUT2D eigenvalue weighted by atomic mass is 10.1. The van der Waals surface area contributed by atoms with Gasteiger partial charge in [-0.25, -0.2) is 0 Å². The summed E-state index contributed by atoms with van der Waals surface area (Å²) in [5.74, 6) is 0.561. The smallest absolute Gasteiger partial charge is 0.324 e. The minimum Gasteiger partial charge on any atom is -0.467 e. The van der Waals surface area contributed by atoms with Crippen molar-refractivity contribution < 1.29 is 9.47 Å². The number of nitrogens with zero attached hydrogens (tertiary/aromatic N) is 6. The van der Waals surface area contributed by atoms with E-state index in [1.54, 1.807) is 0 Å². The van der Waals surface area contributed by atoms with E-state index in [0.29, 0.717) is 5.95 Å². The van der Waals surface area contributed by atoms with E-state index in [2.05, 4.69) is 41.9 Å². The van der Waals surface area contributed by atoms with Gasteiger partial charge < -0.3 is 19.3 Å². The van der Waals surface area contributed by atoms with Gasteiger partial charge in [-0.3, -0.25) is 4.98 Å². The van der Waals surface area contributed by atoms with E-state index in [0.717, 1.165) is 31.6 Å². The van der Waals surface area contributed by atoms with Crippen molar-refractivity contribution in [1.29, 1.82) is 0 Å². The molecule has 0 unspecified atom stereocenters. The lowest BCUT2D eigenvalue weighted by molar-refractivity contribution is 0.339. The Labute approximate surface area is 147 Å². The van der Waals surface area contributed by atoms with Gasteiger partial charge in [-0.2, -0.15) is 9.97 Å². The zero-order chi connectivity index (χ0) is 17.8. The SMILES string of the molecule is COc1nc(OC)nc(N2CCC[C@H]2c2ccc(CN(C)C)cn2)n1. The summed E-state index contributed by atoms with van der Waals surface area (Å²) in [6.07, 6.45) is 4.01. The van der Waals surface area contributed by atoms with Gasteiger partial charge in [0, 0.05) is 19.3 Å². The number of pyridine rings is 1. The summed E-state index contributed by atoms with van der Waals surface area (Å²) in [6.45, 7) is 1.74. The normalized spacial score (nSPS) is 17.2. The maximum Gasteiger partial charge on any atom is 0.324 e. The average molecular weight is 344 g/mol. The van der Waals surface area contributed by atoms with Crippen LogP contribution in [0.15, 0.2) is 18.3 Å². The zero-order valence-electron chi connectivity index (χ0n) is 15.1. The second kappa shape index (κ2) is 7.60. The fourth-order valence-corrected chi connectivity index (χ4v) is 3.04. The van der Waals surface area contributed by atoms with Crippen molar-refractivity contribution in [2.45, 2.75) is 25.4 Å². The molecule has 2 aromatic heterocycles. The molecular formula is C17H24N6O2. The molecule has 1 aliphatic heterocycles. The Balaban J connectivity index is 1.85. The van der Waals surface area contributed by atoms with E-state index in [1.807, 2.05) is 20.3 Å². The minimum absolute atomic E-state index is 0.144. The van der Waals surface area contributed by atoms with Crippen LogP contribution in [0, 0.1) is 0 Å². The van der Waals surface area contributed by atoms with Crippen molar-refractivity contribution in [3.05, 3.63) is 29.6 Å². The first-order valence-corrected chi connectivity index (χ1v) is 8.31. The molecule has 2 aromatic rings. The van der Waals surface area contributed by atoms with Crippen molar-refractivity contribution in [2.75, 3.05) is 39.8 Å². The number of hydrogen-bond acceptors (Lipinski definition) is 8. The van der Waals surface area contributed by atoms with Crippen molar-refractivity contribution in [2.24, 2.45) is 0 Å². The Morgan fingerprint density at radius 1 is 1.12 bits per heavy atom. The second-order valence-corrected chi connectivity index (χ2v) is 6.29. The highest BCUT2D eigenvalue weighted by molar-refractivity contribution is 5.38. The Kier molecular flexibility index (Phi) is 5.28. The maximum absolute atomic E-state index is 5.16. The van der Waals surface area contributed by atoms with Gasteiger partial charge in [0.15, 0.2) is 0 Å². The molecule has 1 saturated heterocycles. The van der Waals surface area contributed by atoms with E-state index in [-0.39, 0.29) is 18.1 Å². The van der Waals surface area contributed by atoms with E-state index in [1.165, 1.54) is 19.8 Å². The van der Waals surface area contributed by atoms with Gasteiger partial charge in [0.25, 0.3) is 0 Å². The van der Waals surface area contributed by atoms with Crippen LogP contribution in [0.1, 0.15) is 30.1 Å². The number of anilines is 1. The van der Waals surface area contributed by atoms with Crippen LogP contribution < -0.4 is 14.4 Å². The molecule has 0 aliphatic carbocycles. The first-order chi connectivity index (χ1) is 12.1. The molecule has 1 fully saturated rings. The predicted octanol–water partition coefficient (Wildman–Crippen LogP) is 1.69. The van der Waals surface area contributed by atoms with Crippen LogP contribution in [-0.4, -0.2) is 59.7 Å². The van der Waals surface area contributed by atoms with E-state index >= 15 is 0 Å². The van der Waals surface area contributed by atoms with Crippen molar-refractivity contribution >= 4 is 5.95 Å².